The Morgan fingerprint density at radius 2 is 2.15 bits per heavy atom. The van der Waals surface area contributed by atoms with Crippen LogP contribution in [0.4, 0.5) is 5.95 Å². The number of H-pyrrole nitrogens is 1. The van der Waals surface area contributed by atoms with Crippen molar-refractivity contribution in [3.05, 3.63) is 23.4 Å². The van der Waals surface area contributed by atoms with Gasteiger partial charge in [0.05, 0.1) is 5.02 Å². The minimum Gasteiger partial charge on any atom is -0.339 e. The summed E-state index contributed by atoms with van der Waals surface area (Å²) in [5.74, 6) is 1.42. The van der Waals surface area contributed by atoms with Crippen molar-refractivity contribution < 1.29 is 0 Å². The summed E-state index contributed by atoms with van der Waals surface area (Å²) in [5, 5.41) is 11.2. The smallest absolute Gasteiger partial charge is 0.245 e. The van der Waals surface area contributed by atoms with Gasteiger partial charge in [0.15, 0.2) is 5.82 Å². The molecule has 3 rings (SSSR count). The topological polar surface area (TPSA) is 69.7 Å². The van der Waals surface area contributed by atoms with Gasteiger partial charge in [-0.25, -0.2) is 0 Å². The molecule has 1 aliphatic heterocycles. The van der Waals surface area contributed by atoms with Crippen LogP contribution in [0, 0.1) is 0 Å². The molecule has 0 aromatic carbocycles. The van der Waals surface area contributed by atoms with Crippen molar-refractivity contribution in [1.82, 2.24) is 25.5 Å². The van der Waals surface area contributed by atoms with Crippen molar-refractivity contribution in [2.24, 2.45) is 0 Å². The number of aromatic amines is 1. The molecule has 1 aliphatic rings. The normalized spacial score (nSPS) is 16.6. The van der Waals surface area contributed by atoms with Crippen LogP contribution in [0.15, 0.2) is 18.3 Å². The highest BCUT2D eigenvalue weighted by atomic mass is 35.5. The first-order valence-electron chi connectivity index (χ1n) is 6.73. The summed E-state index contributed by atoms with van der Waals surface area (Å²) in [4.78, 5) is 11.0. The molecule has 2 N–H and O–H groups in total. The van der Waals surface area contributed by atoms with E-state index in [2.05, 4.69) is 30.4 Å². The third kappa shape index (κ3) is 2.76. The standard InChI is InChI=1S/C13H17ClN6/c1-15-10-4-6-20(7-5-10)13-17-12(18-19-13)11-3-2-9(14)8-16-11/h2-3,8,10,15H,4-7H2,1H3,(H,17,18,19). The summed E-state index contributed by atoms with van der Waals surface area (Å²) < 4.78 is 0. The average molecular weight is 293 g/mol. The van der Waals surface area contributed by atoms with Gasteiger partial charge in [-0.05, 0) is 32.0 Å². The van der Waals surface area contributed by atoms with Gasteiger partial charge in [-0.2, -0.15) is 4.98 Å². The van der Waals surface area contributed by atoms with Crippen molar-refractivity contribution >= 4 is 17.5 Å². The molecule has 2 aromatic rings. The zero-order valence-corrected chi connectivity index (χ0v) is 12.1. The lowest BCUT2D eigenvalue weighted by atomic mass is 10.1. The lowest BCUT2D eigenvalue weighted by molar-refractivity contribution is 0.439. The monoisotopic (exact) mass is 292 g/mol. The Morgan fingerprint density at radius 1 is 1.35 bits per heavy atom. The summed E-state index contributed by atoms with van der Waals surface area (Å²) >= 11 is 5.83. The van der Waals surface area contributed by atoms with Gasteiger partial charge in [0.1, 0.15) is 5.69 Å². The second kappa shape index (κ2) is 5.76. The van der Waals surface area contributed by atoms with E-state index >= 15 is 0 Å². The molecule has 3 heterocycles. The largest absolute Gasteiger partial charge is 0.339 e. The number of piperidine rings is 1. The number of rotatable bonds is 3. The number of hydrogen-bond acceptors (Lipinski definition) is 5. The fourth-order valence-electron chi connectivity index (χ4n) is 2.39. The summed E-state index contributed by atoms with van der Waals surface area (Å²) in [7, 11) is 2.01. The summed E-state index contributed by atoms with van der Waals surface area (Å²) in [5.41, 5.74) is 0.748. The van der Waals surface area contributed by atoms with Gasteiger partial charge in [-0.3, -0.25) is 10.1 Å². The SMILES string of the molecule is CNC1CCN(c2n[nH]c(-c3ccc(Cl)cn3)n2)CC1. The Balaban J connectivity index is 1.72. The molecule has 0 saturated carbocycles. The van der Waals surface area contributed by atoms with Crippen molar-refractivity contribution in [3.8, 4) is 11.5 Å². The molecule has 1 fully saturated rings. The molecule has 0 atom stereocenters. The first-order valence-corrected chi connectivity index (χ1v) is 7.10. The minimum atomic E-state index is 0.600. The van der Waals surface area contributed by atoms with Gasteiger partial charge in [0, 0.05) is 25.3 Å². The second-order valence-electron chi connectivity index (χ2n) is 4.90. The van der Waals surface area contributed by atoms with Gasteiger partial charge in [-0.1, -0.05) is 11.6 Å². The van der Waals surface area contributed by atoms with E-state index in [0.717, 1.165) is 37.6 Å². The Kier molecular flexibility index (Phi) is 3.84. The molecule has 20 heavy (non-hydrogen) atoms. The van der Waals surface area contributed by atoms with E-state index in [1.165, 1.54) is 0 Å². The number of aromatic nitrogens is 4. The molecule has 2 aromatic heterocycles. The third-order valence-corrected chi connectivity index (χ3v) is 3.85. The molecule has 0 radical (unpaired) electrons. The molecule has 0 aliphatic carbocycles. The van der Waals surface area contributed by atoms with Crippen LogP contribution in [0.25, 0.3) is 11.5 Å². The predicted molar refractivity (Wildman–Crippen MR) is 78.9 cm³/mol. The summed E-state index contributed by atoms with van der Waals surface area (Å²) in [6.45, 7) is 1.94. The highest BCUT2D eigenvalue weighted by Gasteiger charge is 2.21. The Bertz CT molecular complexity index is 558. The van der Waals surface area contributed by atoms with Crippen LogP contribution in [-0.4, -0.2) is 46.3 Å². The lowest BCUT2D eigenvalue weighted by Crippen LogP contribution is -2.41. The molecule has 7 heteroatoms. The lowest BCUT2D eigenvalue weighted by Gasteiger charge is -2.30. The van der Waals surface area contributed by atoms with Crippen LogP contribution >= 0.6 is 11.6 Å². The molecule has 0 bridgehead atoms. The first-order chi connectivity index (χ1) is 9.76. The average Bonchev–Trinajstić information content (AvgIpc) is 2.98. The van der Waals surface area contributed by atoms with E-state index in [9.17, 15) is 0 Å². The van der Waals surface area contributed by atoms with E-state index < -0.39 is 0 Å². The fourth-order valence-corrected chi connectivity index (χ4v) is 2.50. The minimum absolute atomic E-state index is 0.600. The van der Waals surface area contributed by atoms with Crippen LogP contribution in [0.2, 0.25) is 5.02 Å². The third-order valence-electron chi connectivity index (χ3n) is 3.63. The number of pyridine rings is 1. The van der Waals surface area contributed by atoms with Crippen molar-refractivity contribution in [1.29, 1.82) is 0 Å². The van der Waals surface area contributed by atoms with Crippen LogP contribution in [0.1, 0.15) is 12.8 Å². The zero-order chi connectivity index (χ0) is 13.9. The van der Waals surface area contributed by atoms with Crippen LogP contribution in [0.5, 0.6) is 0 Å². The Hall–Kier alpha value is -1.66. The van der Waals surface area contributed by atoms with E-state index in [1.54, 1.807) is 12.3 Å². The van der Waals surface area contributed by atoms with E-state index in [0.29, 0.717) is 16.9 Å². The van der Waals surface area contributed by atoms with Crippen molar-refractivity contribution in [2.75, 3.05) is 25.0 Å². The Labute approximate surface area is 122 Å². The van der Waals surface area contributed by atoms with Gasteiger partial charge in [0.25, 0.3) is 0 Å². The number of halogens is 1. The van der Waals surface area contributed by atoms with E-state index in [4.69, 9.17) is 11.6 Å². The van der Waals surface area contributed by atoms with Gasteiger partial charge >= 0.3 is 0 Å². The first kappa shape index (κ1) is 13.3. The van der Waals surface area contributed by atoms with Crippen molar-refractivity contribution in [2.45, 2.75) is 18.9 Å². The van der Waals surface area contributed by atoms with Gasteiger partial charge in [-0.15, -0.1) is 5.10 Å². The molecule has 0 amide bonds. The quantitative estimate of drug-likeness (QED) is 0.901. The number of anilines is 1. The molecule has 0 unspecified atom stereocenters. The summed E-state index contributed by atoms with van der Waals surface area (Å²) in [6.07, 6.45) is 3.83. The van der Waals surface area contributed by atoms with Crippen LogP contribution < -0.4 is 10.2 Å². The van der Waals surface area contributed by atoms with Gasteiger partial charge < -0.3 is 10.2 Å². The molecule has 6 nitrogen and oxygen atoms in total. The summed E-state index contributed by atoms with van der Waals surface area (Å²) in [6, 6.07) is 4.23. The Morgan fingerprint density at radius 3 is 2.80 bits per heavy atom. The highest BCUT2D eigenvalue weighted by Crippen LogP contribution is 2.20. The van der Waals surface area contributed by atoms with E-state index in [-0.39, 0.29) is 0 Å². The van der Waals surface area contributed by atoms with Crippen LogP contribution in [0.3, 0.4) is 0 Å². The maximum absolute atomic E-state index is 5.83. The molecule has 0 spiro atoms. The van der Waals surface area contributed by atoms with E-state index in [1.807, 2.05) is 13.1 Å². The predicted octanol–water partition coefficient (Wildman–Crippen LogP) is 1.71. The maximum Gasteiger partial charge on any atom is 0.245 e. The number of nitrogens with zero attached hydrogens (tertiary/aromatic N) is 4. The molecule has 1 saturated heterocycles. The fraction of sp³-hybridized carbons (Fsp3) is 0.462. The zero-order valence-electron chi connectivity index (χ0n) is 11.3. The second-order valence-corrected chi connectivity index (χ2v) is 5.33. The molecule has 106 valence electrons. The van der Waals surface area contributed by atoms with Gasteiger partial charge in [0.2, 0.25) is 5.95 Å². The molecular formula is C13H17ClN6. The number of hydrogen-bond donors (Lipinski definition) is 2. The van der Waals surface area contributed by atoms with Crippen molar-refractivity contribution in [3.63, 3.8) is 0 Å². The maximum atomic E-state index is 5.83. The number of nitrogens with one attached hydrogen (secondary N) is 2. The highest BCUT2D eigenvalue weighted by molar-refractivity contribution is 6.30. The van der Waals surface area contributed by atoms with Crippen LogP contribution in [-0.2, 0) is 0 Å². The molecular weight excluding hydrogens is 276 g/mol.